The molecule has 0 aliphatic heterocycles. The fourth-order valence-corrected chi connectivity index (χ4v) is 10.3. The summed E-state index contributed by atoms with van der Waals surface area (Å²) >= 11 is 0. The summed E-state index contributed by atoms with van der Waals surface area (Å²) in [5.41, 5.74) is 4.41. The Kier molecular flexibility index (Phi) is 7.31. The van der Waals surface area contributed by atoms with Crippen LogP contribution in [0, 0.1) is 0 Å². The lowest BCUT2D eigenvalue weighted by molar-refractivity contribution is 0.655. The average molecular weight is 563 g/mol. The smallest absolute Gasteiger partial charge is 0.143 e. The Morgan fingerprint density at radius 1 is 0.366 bits per heavy atom. The SMILES string of the molecule is c1ccc(P(c2ccccc2)c2ccccc2-c2c(P(c3ccccc3)c3ccccc3)oc3ccccc23)cc1. The van der Waals surface area contributed by atoms with Gasteiger partial charge in [0.1, 0.15) is 11.1 Å². The van der Waals surface area contributed by atoms with Gasteiger partial charge < -0.3 is 4.42 Å². The number of fused-ring (bicyclic) bond motifs is 1. The highest BCUT2D eigenvalue weighted by Crippen LogP contribution is 2.44. The first-order chi connectivity index (χ1) is 20.4. The lowest BCUT2D eigenvalue weighted by atomic mass is 10.0. The second-order valence-corrected chi connectivity index (χ2v) is 14.1. The standard InChI is InChI=1S/C38H28OP2/c1-5-17-29(18-6-1)40(30-19-7-2-8-20-30)36-28-16-14-26-34(36)37-33-25-13-15-27-35(33)39-38(37)41(31-21-9-3-10-22-31)32-23-11-4-12-24-32/h1-28H. The lowest BCUT2D eigenvalue weighted by Crippen LogP contribution is -2.24. The largest absolute Gasteiger partial charge is 0.455 e. The lowest BCUT2D eigenvalue weighted by Gasteiger charge is -2.24. The molecule has 0 saturated heterocycles. The van der Waals surface area contributed by atoms with E-state index in [4.69, 9.17) is 4.42 Å². The van der Waals surface area contributed by atoms with Gasteiger partial charge in [0.05, 0.1) is 0 Å². The number of para-hydroxylation sites is 1. The molecule has 3 heteroatoms. The summed E-state index contributed by atoms with van der Waals surface area (Å²) in [4.78, 5) is 0. The van der Waals surface area contributed by atoms with Crippen LogP contribution in [0.1, 0.15) is 0 Å². The van der Waals surface area contributed by atoms with Crippen molar-refractivity contribution in [2.24, 2.45) is 0 Å². The Labute approximate surface area is 243 Å². The van der Waals surface area contributed by atoms with Crippen LogP contribution < -0.4 is 32.0 Å². The van der Waals surface area contributed by atoms with E-state index in [1.165, 1.54) is 37.6 Å². The Balaban J connectivity index is 1.53. The van der Waals surface area contributed by atoms with Crippen molar-refractivity contribution in [2.45, 2.75) is 0 Å². The third kappa shape index (κ3) is 5.05. The molecule has 0 amide bonds. The van der Waals surface area contributed by atoms with Gasteiger partial charge in [0, 0.05) is 18.9 Å². The van der Waals surface area contributed by atoms with Gasteiger partial charge in [-0.15, -0.1) is 0 Å². The van der Waals surface area contributed by atoms with Crippen molar-refractivity contribution in [2.75, 3.05) is 0 Å². The molecule has 7 rings (SSSR count). The van der Waals surface area contributed by atoms with Gasteiger partial charge in [-0.3, -0.25) is 0 Å². The van der Waals surface area contributed by atoms with Crippen LogP contribution in [0.2, 0.25) is 0 Å². The van der Waals surface area contributed by atoms with Crippen LogP contribution in [-0.4, -0.2) is 0 Å². The molecule has 1 heterocycles. The van der Waals surface area contributed by atoms with Crippen LogP contribution in [0.25, 0.3) is 22.1 Å². The van der Waals surface area contributed by atoms with Crippen molar-refractivity contribution >= 4 is 58.8 Å². The zero-order chi connectivity index (χ0) is 27.4. The summed E-state index contributed by atoms with van der Waals surface area (Å²) in [5.74, 6) is 0. The van der Waals surface area contributed by atoms with Gasteiger partial charge >= 0.3 is 0 Å². The molecule has 0 fully saturated rings. The minimum absolute atomic E-state index is 0.802. The van der Waals surface area contributed by atoms with Crippen molar-refractivity contribution in [1.82, 2.24) is 0 Å². The van der Waals surface area contributed by atoms with Crippen molar-refractivity contribution in [3.8, 4) is 11.1 Å². The minimum atomic E-state index is -0.937. The summed E-state index contributed by atoms with van der Waals surface area (Å²) < 4.78 is 6.91. The molecule has 0 aliphatic carbocycles. The molecule has 0 spiro atoms. The predicted molar refractivity (Wildman–Crippen MR) is 179 cm³/mol. The van der Waals surface area contributed by atoms with E-state index in [1.807, 2.05) is 0 Å². The Morgan fingerprint density at radius 3 is 1.32 bits per heavy atom. The summed E-state index contributed by atoms with van der Waals surface area (Å²) in [7, 11) is -1.74. The molecule has 0 atom stereocenters. The molecule has 7 aromatic rings. The molecule has 1 nitrogen and oxygen atoms in total. The van der Waals surface area contributed by atoms with E-state index < -0.39 is 15.8 Å². The van der Waals surface area contributed by atoms with Crippen LogP contribution in [0.3, 0.4) is 0 Å². The first kappa shape index (κ1) is 25.7. The zero-order valence-electron chi connectivity index (χ0n) is 22.5. The Hall–Kier alpha value is -4.28. The van der Waals surface area contributed by atoms with Crippen LogP contribution in [-0.2, 0) is 0 Å². The van der Waals surface area contributed by atoms with E-state index in [-0.39, 0.29) is 0 Å². The summed E-state index contributed by atoms with van der Waals surface area (Å²) in [5, 5.41) is 7.72. The number of hydrogen-bond acceptors (Lipinski definition) is 1. The monoisotopic (exact) mass is 562 g/mol. The molecular weight excluding hydrogens is 534 g/mol. The predicted octanol–water partition coefficient (Wildman–Crippen LogP) is 7.62. The maximum absolute atomic E-state index is 6.91. The third-order valence-corrected chi connectivity index (χ3v) is 12.1. The molecule has 0 aliphatic rings. The molecular formula is C38H28OP2. The molecule has 1 aromatic heterocycles. The molecule has 0 N–H and O–H groups in total. The van der Waals surface area contributed by atoms with E-state index in [0.717, 1.165) is 16.5 Å². The van der Waals surface area contributed by atoms with Gasteiger partial charge in [-0.25, -0.2) is 0 Å². The highest BCUT2D eigenvalue weighted by atomic mass is 31.1. The van der Waals surface area contributed by atoms with E-state index >= 15 is 0 Å². The van der Waals surface area contributed by atoms with E-state index in [0.29, 0.717) is 0 Å². The van der Waals surface area contributed by atoms with Crippen molar-refractivity contribution < 1.29 is 4.42 Å². The minimum Gasteiger partial charge on any atom is -0.455 e. The van der Waals surface area contributed by atoms with Crippen LogP contribution in [0.15, 0.2) is 174 Å². The fourth-order valence-electron chi connectivity index (χ4n) is 5.45. The fraction of sp³-hybridized carbons (Fsp3) is 0. The van der Waals surface area contributed by atoms with Crippen molar-refractivity contribution in [3.63, 3.8) is 0 Å². The molecule has 0 bridgehead atoms. The first-order valence-corrected chi connectivity index (χ1v) is 16.5. The summed E-state index contributed by atoms with van der Waals surface area (Å²) in [6.45, 7) is 0. The van der Waals surface area contributed by atoms with Gasteiger partial charge in [-0.1, -0.05) is 164 Å². The molecule has 0 unspecified atom stereocenters. The van der Waals surface area contributed by atoms with Crippen molar-refractivity contribution in [3.05, 3.63) is 170 Å². The highest BCUT2D eigenvalue weighted by Gasteiger charge is 2.29. The maximum Gasteiger partial charge on any atom is 0.143 e. The maximum atomic E-state index is 6.91. The summed E-state index contributed by atoms with van der Waals surface area (Å²) in [6.07, 6.45) is 0. The van der Waals surface area contributed by atoms with Crippen molar-refractivity contribution in [1.29, 1.82) is 0 Å². The number of rotatable bonds is 7. The van der Waals surface area contributed by atoms with Gasteiger partial charge in [0.15, 0.2) is 0 Å². The Morgan fingerprint density at radius 2 is 0.780 bits per heavy atom. The first-order valence-electron chi connectivity index (χ1n) is 13.8. The van der Waals surface area contributed by atoms with Gasteiger partial charge in [-0.2, -0.15) is 0 Å². The average Bonchev–Trinajstić information content (AvgIpc) is 3.42. The van der Waals surface area contributed by atoms with Crippen LogP contribution >= 0.6 is 15.8 Å². The Bertz CT molecular complexity index is 1800. The van der Waals surface area contributed by atoms with Gasteiger partial charge in [0.2, 0.25) is 0 Å². The van der Waals surface area contributed by atoms with Crippen LogP contribution in [0.4, 0.5) is 0 Å². The second kappa shape index (κ2) is 11.7. The molecule has 196 valence electrons. The van der Waals surface area contributed by atoms with E-state index in [9.17, 15) is 0 Å². The highest BCUT2D eigenvalue weighted by molar-refractivity contribution is 7.80. The molecule has 0 saturated carbocycles. The topological polar surface area (TPSA) is 13.1 Å². The quantitative estimate of drug-likeness (QED) is 0.182. The van der Waals surface area contributed by atoms with Gasteiger partial charge in [-0.05, 0) is 46.1 Å². The number of furan rings is 1. The number of benzene rings is 6. The molecule has 6 aromatic carbocycles. The molecule has 41 heavy (non-hydrogen) atoms. The van der Waals surface area contributed by atoms with E-state index in [1.54, 1.807) is 0 Å². The van der Waals surface area contributed by atoms with E-state index in [2.05, 4.69) is 170 Å². The second-order valence-electron chi connectivity index (χ2n) is 9.81. The number of hydrogen-bond donors (Lipinski definition) is 0. The molecule has 0 radical (unpaired) electrons. The normalized spacial score (nSPS) is 11.4. The van der Waals surface area contributed by atoms with Gasteiger partial charge in [0.25, 0.3) is 0 Å². The summed E-state index contributed by atoms with van der Waals surface area (Å²) in [6, 6.07) is 61.0. The zero-order valence-corrected chi connectivity index (χ0v) is 24.3. The third-order valence-electron chi connectivity index (χ3n) is 7.25. The van der Waals surface area contributed by atoms with Crippen LogP contribution in [0.5, 0.6) is 0 Å².